The predicted molar refractivity (Wildman–Crippen MR) is 67.1 cm³/mol. The van der Waals surface area contributed by atoms with Gasteiger partial charge in [-0.05, 0) is 43.7 Å². The average Bonchev–Trinajstić information content (AvgIpc) is 2.34. The minimum Gasteiger partial charge on any atom is -0.456 e. The van der Waals surface area contributed by atoms with Crippen LogP contribution in [-0.4, -0.2) is 0 Å². The minimum atomic E-state index is 0.561. The number of nitriles is 1. The third-order valence-electron chi connectivity index (χ3n) is 2.50. The molecule has 0 heterocycles. The van der Waals surface area contributed by atoms with E-state index in [0.29, 0.717) is 11.3 Å². The summed E-state index contributed by atoms with van der Waals surface area (Å²) >= 11 is 0. The summed E-state index contributed by atoms with van der Waals surface area (Å²) in [6.45, 7) is 3.98. The fourth-order valence-corrected chi connectivity index (χ4v) is 1.55. The number of ether oxygens (including phenoxy) is 1. The Labute approximate surface area is 101 Å². The van der Waals surface area contributed by atoms with Gasteiger partial charge in [-0.15, -0.1) is 0 Å². The van der Waals surface area contributed by atoms with E-state index in [4.69, 9.17) is 10.00 Å². The van der Waals surface area contributed by atoms with Gasteiger partial charge >= 0.3 is 0 Å². The summed E-state index contributed by atoms with van der Waals surface area (Å²) < 4.78 is 5.69. The fourth-order valence-electron chi connectivity index (χ4n) is 1.55. The molecule has 0 amide bonds. The van der Waals surface area contributed by atoms with Crippen molar-refractivity contribution in [3.63, 3.8) is 0 Å². The minimum absolute atomic E-state index is 0.561. The maximum atomic E-state index is 9.04. The van der Waals surface area contributed by atoms with Crippen LogP contribution in [0.3, 0.4) is 0 Å². The number of rotatable bonds is 2. The molecule has 0 atom stereocenters. The van der Waals surface area contributed by atoms with Crippen molar-refractivity contribution >= 4 is 0 Å². The Balaban J connectivity index is 2.30. The lowest BCUT2D eigenvalue weighted by atomic mass is 10.1. The zero-order valence-electron chi connectivity index (χ0n) is 9.90. The maximum Gasteiger partial charge on any atom is 0.145 e. The predicted octanol–water partition coefficient (Wildman–Crippen LogP) is 3.97. The van der Waals surface area contributed by atoms with Crippen LogP contribution >= 0.6 is 0 Å². The molecule has 0 aliphatic heterocycles. The van der Waals surface area contributed by atoms with E-state index in [1.807, 2.05) is 56.3 Å². The maximum absolute atomic E-state index is 9.04. The summed E-state index contributed by atoms with van der Waals surface area (Å²) in [4.78, 5) is 0. The van der Waals surface area contributed by atoms with E-state index in [1.165, 1.54) is 5.56 Å². The van der Waals surface area contributed by atoms with Crippen molar-refractivity contribution < 1.29 is 4.74 Å². The van der Waals surface area contributed by atoms with Crippen LogP contribution in [0.25, 0.3) is 0 Å². The smallest absolute Gasteiger partial charge is 0.145 e. The molecule has 0 saturated heterocycles. The molecule has 0 aliphatic rings. The normalized spacial score (nSPS) is 9.71. The SMILES string of the molecule is Cc1ccc(Oc2ccc(C)cc2C#N)cc1. The monoisotopic (exact) mass is 223 g/mol. The molecule has 0 radical (unpaired) electrons. The average molecular weight is 223 g/mol. The van der Waals surface area contributed by atoms with Crippen molar-refractivity contribution in [3.8, 4) is 17.6 Å². The molecule has 2 aromatic rings. The molecular formula is C15H13NO. The Morgan fingerprint density at radius 3 is 2.24 bits per heavy atom. The van der Waals surface area contributed by atoms with E-state index < -0.39 is 0 Å². The van der Waals surface area contributed by atoms with Crippen LogP contribution in [0.1, 0.15) is 16.7 Å². The second kappa shape index (κ2) is 4.71. The van der Waals surface area contributed by atoms with Gasteiger partial charge < -0.3 is 4.74 Å². The molecule has 2 nitrogen and oxygen atoms in total. The molecule has 0 aromatic heterocycles. The first-order valence-electron chi connectivity index (χ1n) is 5.44. The molecule has 2 aromatic carbocycles. The van der Waals surface area contributed by atoms with Gasteiger partial charge in [-0.25, -0.2) is 0 Å². The van der Waals surface area contributed by atoms with Crippen LogP contribution in [0, 0.1) is 25.2 Å². The third-order valence-corrected chi connectivity index (χ3v) is 2.50. The second-order valence-corrected chi connectivity index (χ2v) is 4.03. The highest BCUT2D eigenvalue weighted by Gasteiger charge is 2.04. The van der Waals surface area contributed by atoms with Crippen molar-refractivity contribution in [3.05, 3.63) is 59.2 Å². The molecule has 0 unspecified atom stereocenters. The molecule has 0 aliphatic carbocycles. The first-order valence-corrected chi connectivity index (χ1v) is 5.44. The lowest BCUT2D eigenvalue weighted by Crippen LogP contribution is -1.89. The van der Waals surface area contributed by atoms with Crippen molar-refractivity contribution in [1.82, 2.24) is 0 Å². The number of aryl methyl sites for hydroxylation is 2. The van der Waals surface area contributed by atoms with Crippen LogP contribution < -0.4 is 4.74 Å². The molecule has 0 bridgehead atoms. The Kier molecular flexibility index (Phi) is 3.11. The standard InChI is InChI=1S/C15H13NO/c1-11-3-6-14(7-4-11)17-15-8-5-12(2)9-13(15)10-16/h3-9H,1-2H3. The number of benzene rings is 2. The van der Waals surface area contributed by atoms with Crippen LogP contribution in [-0.2, 0) is 0 Å². The van der Waals surface area contributed by atoms with Crippen molar-refractivity contribution in [2.75, 3.05) is 0 Å². The molecule has 0 saturated carbocycles. The highest BCUT2D eigenvalue weighted by atomic mass is 16.5. The van der Waals surface area contributed by atoms with Crippen molar-refractivity contribution in [2.45, 2.75) is 13.8 Å². The number of hydrogen-bond donors (Lipinski definition) is 0. The van der Waals surface area contributed by atoms with Gasteiger partial charge in [0.05, 0.1) is 5.56 Å². The van der Waals surface area contributed by atoms with E-state index >= 15 is 0 Å². The lowest BCUT2D eigenvalue weighted by molar-refractivity contribution is 0.481. The second-order valence-electron chi connectivity index (χ2n) is 4.03. The van der Waals surface area contributed by atoms with Gasteiger partial charge in [0.25, 0.3) is 0 Å². The molecule has 2 heteroatoms. The van der Waals surface area contributed by atoms with Gasteiger partial charge in [-0.2, -0.15) is 5.26 Å². The van der Waals surface area contributed by atoms with E-state index in [-0.39, 0.29) is 0 Å². The molecule has 0 N–H and O–H groups in total. The summed E-state index contributed by atoms with van der Waals surface area (Å²) in [7, 11) is 0. The van der Waals surface area contributed by atoms with Gasteiger partial charge in [0.1, 0.15) is 17.6 Å². The summed E-state index contributed by atoms with van der Waals surface area (Å²) in [5.74, 6) is 1.35. The molecule has 2 rings (SSSR count). The van der Waals surface area contributed by atoms with E-state index in [1.54, 1.807) is 0 Å². The highest BCUT2D eigenvalue weighted by molar-refractivity contribution is 5.47. The van der Waals surface area contributed by atoms with Crippen LogP contribution in [0.2, 0.25) is 0 Å². The molecule has 0 spiro atoms. The zero-order chi connectivity index (χ0) is 12.3. The Hall–Kier alpha value is -2.27. The lowest BCUT2D eigenvalue weighted by Gasteiger charge is -2.08. The van der Waals surface area contributed by atoms with Gasteiger partial charge in [0.2, 0.25) is 0 Å². The van der Waals surface area contributed by atoms with Crippen molar-refractivity contribution in [2.24, 2.45) is 0 Å². The first kappa shape index (κ1) is 11.2. The Morgan fingerprint density at radius 2 is 1.59 bits per heavy atom. The van der Waals surface area contributed by atoms with Crippen LogP contribution in [0.15, 0.2) is 42.5 Å². The summed E-state index contributed by atoms with van der Waals surface area (Å²) in [6, 6.07) is 15.5. The first-order chi connectivity index (χ1) is 8.19. The van der Waals surface area contributed by atoms with Gasteiger partial charge in [-0.1, -0.05) is 23.8 Å². The Bertz CT molecular complexity index is 564. The van der Waals surface area contributed by atoms with E-state index in [2.05, 4.69) is 6.07 Å². The van der Waals surface area contributed by atoms with Gasteiger partial charge in [0, 0.05) is 0 Å². The van der Waals surface area contributed by atoms with Crippen molar-refractivity contribution in [1.29, 1.82) is 5.26 Å². The largest absolute Gasteiger partial charge is 0.456 e. The van der Waals surface area contributed by atoms with E-state index in [9.17, 15) is 0 Å². The molecule has 17 heavy (non-hydrogen) atoms. The Morgan fingerprint density at radius 1 is 0.941 bits per heavy atom. The number of nitrogens with zero attached hydrogens (tertiary/aromatic N) is 1. The molecular weight excluding hydrogens is 210 g/mol. The molecule has 0 fully saturated rings. The summed E-state index contributed by atoms with van der Waals surface area (Å²) in [5, 5.41) is 9.04. The quantitative estimate of drug-likeness (QED) is 0.771. The summed E-state index contributed by atoms with van der Waals surface area (Å²) in [6.07, 6.45) is 0. The van der Waals surface area contributed by atoms with Gasteiger partial charge in [-0.3, -0.25) is 0 Å². The van der Waals surface area contributed by atoms with Gasteiger partial charge in [0.15, 0.2) is 0 Å². The fraction of sp³-hybridized carbons (Fsp3) is 0.133. The highest BCUT2D eigenvalue weighted by Crippen LogP contribution is 2.25. The van der Waals surface area contributed by atoms with Crippen LogP contribution in [0.4, 0.5) is 0 Å². The third kappa shape index (κ3) is 2.64. The topological polar surface area (TPSA) is 33.0 Å². The number of hydrogen-bond acceptors (Lipinski definition) is 2. The van der Waals surface area contributed by atoms with Crippen LogP contribution in [0.5, 0.6) is 11.5 Å². The molecule has 84 valence electrons. The summed E-state index contributed by atoms with van der Waals surface area (Å²) in [5.41, 5.74) is 2.80. The zero-order valence-corrected chi connectivity index (χ0v) is 9.90. The van der Waals surface area contributed by atoms with E-state index in [0.717, 1.165) is 11.3 Å².